The second-order valence-electron chi connectivity index (χ2n) is 6.33. The van der Waals surface area contributed by atoms with Gasteiger partial charge in [-0.3, -0.25) is 4.79 Å². The molecule has 0 radical (unpaired) electrons. The fraction of sp³-hybridized carbons (Fsp3) is 0.190. The quantitative estimate of drug-likeness (QED) is 0.228. The van der Waals surface area contributed by atoms with Crippen LogP contribution in [0.3, 0.4) is 0 Å². The first kappa shape index (κ1) is 24.1. The molecule has 0 fully saturated rings. The maximum atomic E-state index is 13.4. The first-order valence-electron chi connectivity index (χ1n) is 9.06. The van der Waals surface area contributed by atoms with E-state index >= 15 is 0 Å². The third-order valence-corrected chi connectivity index (χ3v) is 5.70. The highest BCUT2D eigenvalue weighted by Crippen LogP contribution is 2.35. The summed E-state index contributed by atoms with van der Waals surface area (Å²) in [6, 6.07) is 12.7. The number of carbonyl (C=O) groups excluding carboxylic acids is 1. The number of alkyl halides is 3. The number of thioether (sulfide) groups is 1. The second-order valence-corrected chi connectivity index (χ2v) is 8.52. The lowest BCUT2D eigenvalue weighted by Crippen LogP contribution is -2.15. The van der Waals surface area contributed by atoms with E-state index in [1.54, 1.807) is 24.3 Å². The highest BCUT2D eigenvalue weighted by Gasteiger charge is 2.34. The Morgan fingerprint density at radius 3 is 2.34 bits per heavy atom. The lowest BCUT2D eigenvalue weighted by Gasteiger charge is -2.12. The lowest BCUT2D eigenvalue weighted by molar-refractivity contribution is -0.141. The van der Waals surface area contributed by atoms with E-state index < -0.39 is 11.9 Å². The Labute approximate surface area is 200 Å². The van der Waals surface area contributed by atoms with Gasteiger partial charge in [0.1, 0.15) is 5.69 Å². The molecule has 3 aromatic rings. The van der Waals surface area contributed by atoms with Gasteiger partial charge in [0.15, 0.2) is 16.7 Å². The number of carbonyl (C=O) groups is 1. The molecule has 1 N–H and O–H groups in total. The van der Waals surface area contributed by atoms with Crippen LogP contribution in [0.1, 0.15) is 5.69 Å². The average Bonchev–Trinajstić information content (AvgIpc) is 2.78. The van der Waals surface area contributed by atoms with Gasteiger partial charge in [-0.15, -0.1) is 0 Å². The zero-order valence-corrected chi connectivity index (χ0v) is 19.8. The van der Waals surface area contributed by atoms with Crippen LogP contribution in [0.2, 0.25) is 0 Å². The summed E-state index contributed by atoms with van der Waals surface area (Å²) in [5.74, 6) is 0.245. The average molecular weight is 575 g/mol. The Morgan fingerprint density at radius 1 is 1.03 bits per heavy atom. The summed E-state index contributed by atoms with van der Waals surface area (Å²) in [6.45, 7) is 0. The van der Waals surface area contributed by atoms with E-state index in [1.807, 2.05) is 12.1 Å². The molecular weight excluding hydrogens is 558 g/mol. The van der Waals surface area contributed by atoms with Crippen LogP contribution >= 0.6 is 34.4 Å². The van der Waals surface area contributed by atoms with Gasteiger partial charge in [0.25, 0.3) is 0 Å². The molecule has 3 rings (SSSR count). The number of anilines is 1. The van der Waals surface area contributed by atoms with Crippen LogP contribution in [0.15, 0.2) is 53.7 Å². The van der Waals surface area contributed by atoms with E-state index in [-0.39, 0.29) is 22.5 Å². The van der Waals surface area contributed by atoms with Crippen molar-refractivity contribution in [1.82, 2.24) is 9.97 Å². The van der Waals surface area contributed by atoms with Crippen molar-refractivity contribution in [2.24, 2.45) is 0 Å². The number of hydrogen-bond donors (Lipinski definition) is 1. The molecule has 2 aromatic carbocycles. The van der Waals surface area contributed by atoms with Crippen LogP contribution in [0.5, 0.6) is 11.5 Å². The van der Waals surface area contributed by atoms with Crippen LogP contribution in [0.25, 0.3) is 11.3 Å². The molecule has 0 aliphatic heterocycles. The number of nitrogens with zero attached hydrogens (tertiary/aromatic N) is 2. The Morgan fingerprint density at radius 2 is 1.72 bits per heavy atom. The molecule has 0 atom stereocenters. The van der Waals surface area contributed by atoms with Gasteiger partial charge in [0, 0.05) is 14.8 Å². The summed E-state index contributed by atoms with van der Waals surface area (Å²) >= 11 is 2.96. The standard InChI is InChI=1S/C21H17F3IN3O3S/c1-30-16-8-3-12(9-17(16)31-2)15-10-18(21(22,23)24)28-20(27-15)32-11-19(29)26-14-6-4-13(25)5-7-14/h3-10H,11H2,1-2H3,(H,26,29). The smallest absolute Gasteiger partial charge is 0.433 e. The first-order chi connectivity index (χ1) is 15.2. The minimum atomic E-state index is -4.67. The lowest BCUT2D eigenvalue weighted by atomic mass is 10.1. The zero-order chi connectivity index (χ0) is 23.3. The predicted molar refractivity (Wildman–Crippen MR) is 124 cm³/mol. The van der Waals surface area contributed by atoms with Gasteiger partial charge in [-0.2, -0.15) is 13.2 Å². The van der Waals surface area contributed by atoms with Gasteiger partial charge in [-0.1, -0.05) is 11.8 Å². The van der Waals surface area contributed by atoms with Crippen LogP contribution in [-0.4, -0.2) is 35.8 Å². The van der Waals surface area contributed by atoms with Gasteiger partial charge in [-0.25, -0.2) is 9.97 Å². The number of halogens is 4. The number of aromatic nitrogens is 2. The summed E-state index contributed by atoms with van der Waals surface area (Å²) in [7, 11) is 2.89. The van der Waals surface area contributed by atoms with Gasteiger partial charge in [0.05, 0.1) is 25.7 Å². The number of benzene rings is 2. The number of methoxy groups -OCH3 is 2. The molecule has 1 amide bonds. The van der Waals surface area contributed by atoms with Crippen LogP contribution in [0.4, 0.5) is 18.9 Å². The van der Waals surface area contributed by atoms with Gasteiger partial charge in [0.2, 0.25) is 5.91 Å². The summed E-state index contributed by atoms with van der Waals surface area (Å²) in [4.78, 5) is 20.0. The maximum Gasteiger partial charge on any atom is 0.433 e. The second kappa shape index (κ2) is 10.4. The largest absolute Gasteiger partial charge is 0.493 e. The van der Waals surface area contributed by atoms with E-state index in [0.29, 0.717) is 22.7 Å². The topological polar surface area (TPSA) is 73.3 Å². The molecule has 1 heterocycles. The van der Waals surface area contributed by atoms with Gasteiger partial charge < -0.3 is 14.8 Å². The fourth-order valence-electron chi connectivity index (χ4n) is 2.64. The Bertz CT molecular complexity index is 1110. The van der Waals surface area contributed by atoms with Crippen LogP contribution in [0, 0.1) is 3.57 Å². The number of nitrogens with one attached hydrogen (secondary N) is 1. The van der Waals surface area contributed by atoms with Crippen molar-refractivity contribution in [3.63, 3.8) is 0 Å². The summed E-state index contributed by atoms with van der Waals surface area (Å²) < 4.78 is 51.7. The molecule has 0 saturated carbocycles. The zero-order valence-electron chi connectivity index (χ0n) is 16.9. The molecule has 0 bridgehead atoms. The van der Waals surface area contributed by atoms with E-state index in [2.05, 4.69) is 37.9 Å². The van der Waals surface area contributed by atoms with E-state index in [0.717, 1.165) is 21.4 Å². The molecule has 0 spiro atoms. The minimum absolute atomic E-state index is 0.0498. The number of amides is 1. The molecule has 32 heavy (non-hydrogen) atoms. The highest BCUT2D eigenvalue weighted by molar-refractivity contribution is 14.1. The van der Waals surface area contributed by atoms with Gasteiger partial charge >= 0.3 is 6.18 Å². The first-order valence-corrected chi connectivity index (χ1v) is 11.1. The summed E-state index contributed by atoms with van der Waals surface area (Å²) in [5.41, 5.74) is -0.0700. The molecule has 6 nitrogen and oxygen atoms in total. The third kappa shape index (κ3) is 6.25. The van der Waals surface area contributed by atoms with Crippen molar-refractivity contribution in [3.05, 3.63) is 57.8 Å². The normalized spacial score (nSPS) is 11.2. The number of ether oxygens (including phenoxy) is 2. The number of hydrogen-bond acceptors (Lipinski definition) is 6. The Hall–Kier alpha value is -2.54. The molecule has 168 valence electrons. The molecule has 0 unspecified atom stereocenters. The molecule has 11 heteroatoms. The highest BCUT2D eigenvalue weighted by atomic mass is 127. The van der Waals surface area contributed by atoms with Crippen molar-refractivity contribution in [3.8, 4) is 22.8 Å². The molecule has 0 aliphatic carbocycles. The van der Waals surface area contributed by atoms with Gasteiger partial charge in [-0.05, 0) is 71.1 Å². The predicted octanol–water partition coefficient (Wildman–Crippen LogP) is 5.52. The van der Waals surface area contributed by atoms with Crippen LogP contribution in [-0.2, 0) is 11.0 Å². The van der Waals surface area contributed by atoms with E-state index in [9.17, 15) is 18.0 Å². The Balaban J connectivity index is 1.84. The summed E-state index contributed by atoms with van der Waals surface area (Å²) in [5, 5.41) is 2.52. The van der Waals surface area contributed by atoms with Crippen molar-refractivity contribution >= 4 is 45.9 Å². The molecule has 1 aromatic heterocycles. The van der Waals surface area contributed by atoms with Crippen molar-refractivity contribution in [2.75, 3.05) is 25.3 Å². The molecular formula is C21H17F3IN3O3S. The fourth-order valence-corrected chi connectivity index (χ4v) is 3.66. The minimum Gasteiger partial charge on any atom is -0.493 e. The number of rotatable bonds is 7. The third-order valence-electron chi connectivity index (χ3n) is 4.14. The van der Waals surface area contributed by atoms with Crippen molar-refractivity contribution in [1.29, 1.82) is 0 Å². The van der Waals surface area contributed by atoms with E-state index in [1.165, 1.54) is 20.3 Å². The monoisotopic (exact) mass is 575 g/mol. The maximum absolute atomic E-state index is 13.4. The summed E-state index contributed by atoms with van der Waals surface area (Å²) in [6.07, 6.45) is -4.67. The van der Waals surface area contributed by atoms with Crippen molar-refractivity contribution < 1.29 is 27.4 Å². The van der Waals surface area contributed by atoms with Crippen molar-refractivity contribution in [2.45, 2.75) is 11.3 Å². The Kier molecular flexibility index (Phi) is 7.82. The molecule has 0 saturated heterocycles. The SMILES string of the molecule is COc1ccc(-c2cc(C(F)(F)F)nc(SCC(=O)Nc3ccc(I)cc3)n2)cc1OC. The van der Waals surface area contributed by atoms with Crippen LogP contribution < -0.4 is 14.8 Å². The molecule has 0 aliphatic rings. The van der Waals surface area contributed by atoms with E-state index in [4.69, 9.17) is 9.47 Å².